The molecule has 4 rings (SSSR count). The summed E-state index contributed by atoms with van der Waals surface area (Å²) in [6.45, 7) is 2.05. The molecule has 3 aromatic rings. The fourth-order valence-corrected chi connectivity index (χ4v) is 3.94. The molecule has 0 fully saturated rings. The third-order valence-corrected chi connectivity index (χ3v) is 5.39. The summed E-state index contributed by atoms with van der Waals surface area (Å²) in [5.74, 6) is -4.18. The van der Waals surface area contributed by atoms with Crippen molar-refractivity contribution in [2.75, 3.05) is 0 Å². The number of hydrogen-bond donors (Lipinski definition) is 0. The van der Waals surface area contributed by atoms with Gasteiger partial charge in [0.05, 0.1) is 0 Å². The van der Waals surface area contributed by atoms with E-state index in [2.05, 4.69) is 6.07 Å². The average Bonchev–Trinajstić information content (AvgIpc) is 2.65. The lowest BCUT2D eigenvalue weighted by Gasteiger charge is -2.22. The Morgan fingerprint density at radius 1 is 0.793 bits per heavy atom. The Bertz CT molecular complexity index is 1090. The van der Waals surface area contributed by atoms with Gasteiger partial charge in [-0.2, -0.15) is 13.2 Å². The van der Waals surface area contributed by atoms with Crippen LogP contribution < -0.4 is 0 Å². The molecule has 1 aliphatic carbocycles. The average molecular weight is 406 g/mol. The first-order valence-electron chi connectivity index (χ1n) is 9.21. The third-order valence-electron chi connectivity index (χ3n) is 5.39. The van der Waals surface area contributed by atoms with Crippen molar-refractivity contribution in [2.24, 2.45) is 0 Å². The highest BCUT2D eigenvalue weighted by molar-refractivity contribution is 5.78. The highest BCUT2D eigenvalue weighted by atomic mass is 19.4. The minimum atomic E-state index is -5.16. The summed E-state index contributed by atoms with van der Waals surface area (Å²) >= 11 is 0. The van der Waals surface area contributed by atoms with E-state index in [1.807, 2.05) is 19.1 Å². The molecule has 150 valence electrons. The van der Waals surface area contributed by atoms with Crippen LogP contribution in [-0.2, 0) is 25.4 Å². The number of alkyl halides is 3. The summed E-state index contributed by atoms with van der Waals surface area (Å²) in [7, 11) is 0. The van der Waals surface area contributed by atoms with Gasteiger partial charge >= 0.3 is 6.18 Å². The molecule has 0 spiro atoms. The van der Waals surface area contributed by atoms with Gasteiger partial charge in [0.2, 0.25) is 0 Å². The molecule has 0 atom stereocenters. The third kappa shape index (κ3) is 3.30. The van der Waals surface area contributed by atoms with E-state index >= 15 is 4.39 Å². The lowest BCUT2D eigenvalue weighted by Crippen LogP contribution is -2.12. The summed E-state index contributed by atoms with van der Waals surface area (Å²) in [6.07, 6.45) is -3.26. The zero-order chi connectivity index (χ0) is 20.9. The molecule has 0 radical (unpaired) electrons. The number of fused-ring (bicyclic) bond motifs is 3. The maximum Gasteiger partial charge on any atom is 0.422 e. The molecule has 6 heteroatoms. The zero-order valence-corrected chi connectivity index (χ0v) is 15.4. The smallest absolute Gasteiger partial charge is 0.206 e. The number of hydrogen-bond acceptors (Lipinski definition) is 0. The topological polar surface area (TPSA) is 0 Å². The van der Waals surface area contributed by atoms with Crippen LogP contribution in [0.4, 0.5) is 26.3 Å². The van der Waals surface area contributed by atoms with Gasteiger partial charge in [-0.25, -0.2) is 13.2 Å². The molecule has 3 aromatic carbocycles. The van der Waals surface area contributed by atoms with Crippen molar-refractivity contribution in [1.82, 2.24) is 0 Å². The zero-order valence-electron chi connectivity index (χ0n) is 15.4. The molecule has 0 aliphatic heterocycles. The Morgan fingerprint density at radius 3 is 2.03 bits per heavy atom. The Balaban J connectivity index is 1.83. The van der Waals surface area contributed by atoms with Crippen molar-refractivity contribution in [1.29, 1.82) is 0 Å². The van der Waals surface area contributed by atoms with Gasteiger partial charge in [-0.15, -0.1) is 0 Å². The predicted molar refractivity (Wildman–Crippen MR) is 99.0 cm³/mol. The normalized spacial score (nSPS) is 13.2. The first-order chi connectivity index (χ1) is 13.7. The van der Waals surface area contributed by atoms with Crippen LogP contribution in [0.2, 0.25) is 0 Å². The molecule has 0 unspecified atom stereocenters. The van der Waals surface area contributed by atoms with Crippen LogP contribution in [0.5, 0.6) is 0 Å². The van der Waals surface area contributed by atoms with Crippen molar-refractivity contribution < 1.29 is 26.3 Å². The number of halogens is 6. The maximum atomic E-state index is 15.2. The largest absolute Gasteiger partial charge is 0.422 e. The van der Waals surface area contributed by atoms with Crippen LogP contribution in [0.15, 0.2) is 42.5 Å². The number of rotatable bonds is 2. The summed E-state index contributed by atoms with van der Waals surface area (Å²) < 4.78 is 81.5. The Labute approximate surface area is 163 Å². The quantitative estimate of drug-likeness (QED) is 0.398. The highest BCUT2D eigenvalue weighted by Gasteiger charge is 2.38. The second-order valence-electron chi connectivity index (χ2n) is 7.11. The molecular formula is C23H16F6. The van der Waals surface area contributed by atoms with E-state index in [1.165, 1.54) is 11.6 Å². The van der Waals surface area contributed by atoms with Gasteiger partial charge in [0.15, 0.2) is 0 Å². The summed E-state index contributed by atoms with van der Waals surface area (Å²) in [6, 6.07) is 10.1. The minimum Gasteiger partial charge on any atom is -0.206 e. The summed E-state index contributed by atoms with van der Waals surface area (Å²) in [5, 5.41) is 0. The fourth-order valence-electron chi connectivity index (χ4n) is 3.94. The van der Waals surface area contributed by atoms with Crippen molar-refractivity contribution in [3.8, 4) is 22.3 Å². The maximum absolute atomic E-state index is 15.2. The van der Waals surface area contributed by atoms with Gasteiger partial charge in [-0.3, -0.25) is 0 Å². The highest BCUT2D eigenvalue weighted by Crippen LogP contribution is 2.40. The summed E-state index contributed by atoms with van der Waals surface area (Å²) in [4.78, 5) is 0. The first-order valence-corrected chi connectivity index (χ1v) is 9.21. The minimum absolute atomic E-state index is 0.121. The lowest BCUT2D eigenvalue weighted by atomic mass is 9.82. The monoisotopic (exact) mass is 406 g/mol. The molecular weight excluding hydrogens is 390 g/mol. The molecule has 0 saturated heterocycles. The van der Waals surface area contributed by atoms with Gasteiger partial charge in [-0.1, -0.05) is 37.3 Å². The van der Waals surface area contributed by atoms with Crippen LogP contribution in [0.25, 0.3) is 22.3 Å². The van der Waals surface area contributed by atoms with E-state index in [9.17, 15) is 22.0 Å². The van der Waals surface area contributed by atoms with Gasteiger partial charge in [-0.05, 0) is 64.8 Å². The lowest BCUT2D eigenvalue weighted by molar-refractivity contribution is -0.142. The van der Waals surface area contributed by atoms with E-state index in [0.29, 0.717) is 36.1 Å². The molecule has 0 aromatic heterocycles. The van der Waals surface area contributed by atoms with Crippen LogP contribution in [0.3, 0.4) is 0 Å². The second kappa shape index (κ2) is 6.94. The van der Waals surface area contributed by atoms with Crippen molar-refractivity contribution in [2.45, 2.75) is 32.4 Å². The van der Waals surface area contributed by atoms with Gasteiger partial charge in [0.1, 0.15) is 23.0 Å². The molecule has 0 heterocycles. The number of benzene rings is 3. The van der Waals surface area contributed by atoms with E-state index in [0.717, 1.165) is 17.5 Å². The molecule has 1 aliphatic rings. The molecule has 0 amide bonds. The van der Waals surface area contributed by atoms with Crippen LogP contribution in [0, 0.1) is 17.5 Å². The Kier molecular flexibility index (Phi) is 4.68. The fraction of sp³-hybridized carbons (Fsp3) is 0.217. The predicted octanol–water partition coefficient (Wildman–Crippen LogP) is 7.12. The van der Waals surface area contributed by atoms with E-state index in [-0.39, 0.29) is 11.1 Å². The van der Waals surface area contributed by atoms with Gasteiger partial charge in [0, 0.05) is 5.56 Å². The van der Waals surface area contributed by atoms with Crippen LogP contribution in [-0.4, -0.2) is 0 Å². The van der Waals surface area contributed by atoms with Crippen molar-refractivity contribution in [3.63, 3.8) is 0 Å². The van der Waals surface area contributed by atoms with E-state index in [1.54, 1.807) is 6.07 Å². The molecule has 0 nitrogen and oxygen atoms in total. The van der Waals surface area contributed by atoms with Crippen LogP contribution in [0.1, 0.15) is 29.2 Å². The standard InChI is InChI=1S/C23H16F6/c1-2-12-3-5-15-13(9-12)4-6-18-17(15)8-7-16(22(18)26)14-10-19(24)21(20(25)11-14)23(27,28)29/h3,5,7-11H,2,4,6H2,1H3. The molecule has 0 saturated carbocycles. The second-order valence-corrected chi connectivity index (χ2v) is 7.11. The van der Waals surface area contributed by atoms with Crippen molar-refractivity contribution >= 4 is 0 Å². The van der Waals surface area contributed by atoms with E-state index in [4.69, 9.17) is 0 Å². The van der Waals surface area contributed by atoms with E-state index < -0.39 is 29.2 Å². The number of aryl methyl sites for hydroxylation is 2. The summed E-state index contributed by atoms with van der Waals surface area (Å²) in [5.41, 5.74) is 1.93. The Hall–Kier alpha value is -2.76. The van der Waals surface area contributed by atoms with Gasteiger partial charge in [0.25, 0.3) is 0 Å². The SMILES string of the molecule is CCc1ccc2c(c1)CCc1c-2ccc(-c2cc(F)c(C(F)(F)F)c(F)c2)c1F. The van der Waals surface area contributed by atoms with Crippen molar-refractivity contribution in [3.05, 3.63) is 82.2 Å². The molecule has 0 N–H and O–H groups in total. The Morgan fingerprint density at radius 2 is 1.41 bits per heavy atom. The first kappa shape index (κ1) is 19.6. The molecule has 0 bridgehead atoms. The molecule has 29 heavy (non-hydrogen) atoms. The van der Waals surface area contributed by atoms with Gasteiger partial charge < -0.3 is 0 Å². The van der Waals surface area contributed by atoms with Crippen LogP contribution >= 0.6 is 0 Å².